The van der Waals surface area contributed by atoms with Crippen LogP contribution in [0.1, 0.15) is 64.9 Å². The van der Waals surface area contributed by atoms with Gasteiger partial charge in [0, 0.05) is 11.1 Å². The molecule has 3 rings (SSSR count). The van der Waals surface area contributed by atoms with Crippen molar-refractivity contribution < 1.29 is 4.39 Å². The summed E-state index contributed by atoms with van der Waals surface area (Å²) in [7, 11) is 4.37. The van der Waals surface area contributed by atoms with Crippen molar-refractivity contribution in [3.8, 4) is 0 Å². The van der Waals surface area contributed by atoms with E-state index in [0.717, 1.165) is 0 Å². The highest BCUT2D eigenvalue weighted by Gasteiger charge is 2.46. The van der Waals surface area contributed by atoms with Crippen LogP contribution in [0.5, 0.6) is 0 Å². The van der Waals surface area contributed by atoms with Gasteiger partial charge in [0.05, 0.1) is 0 Å². The molecule has 1 spiro atoms. The Morgan fingerprint density at radius 2 is 1.40 bits per heavy atom. The second-order valence-corrected chi connectivity index (χ2v) is 9.59. The summed E-state index contributed by atoms with van der Waals surface area (Å²) < 4.78 is 13.4. The Kier molecular flexibility index (Phi) is 5.02. The minimum Gasteiger partial charge on any atom is -0.300 e. The standard InChI is InChI=1S/C22H35FN2/c1-20(2,3)25-16-14-21(15-17-25)10-12-22(13-11-21,24(4)5)18-6-8-19(23)9-7-18/h6-9H,10-17H2,1-5H3. The molecule has 1 aliphatic carbocycles. The van der Waals surface area contributed by atoms with E-state index in [1.165, 1.54) is 57.2 Å². The Labute approximate surface area is 153 Å². The van der Waals surface area contributed by atoms with E-state index >= 15 is 0 Å². The molecule has 140 valence electrons. The van der Waals surface area contributed by atoms with Gasteiger partial charge in [-0.3, -0.25) is 9.80 Å². The number of nitrogens with zero attached hydrogens (tertiary/aromatic N) is 2. The van der Waals surface area contributed by atoms with Crippen LogP contribution in [0.25, 0.3) is 0 Å². The van der Waals surface area contributed by atoms with Crippen molar-refractivity contribution in [2.24, 2.45) is 5.41 Å². The van der Waals surface area contributed by atoms with Crippen LogP contribution in [0.4, 0.5) is 4.39 Å². The third-order valence-corrected chi connectivity index (χ3v) is 7.15. The Bertz CT molecular complexity index is 567. The molecule has 1 aromatic rings. The van der Waals surface area contributed by atoms with E-state index in [-0.39, 0.29) is 16.9 Å². The summed E-state index contributed by atoms with van der Waals surface area (Å²) in [5.74, 6) is -0.139. The first kappa shape index (κ1) is 18.8. The van der Waals surface area contributed by atoms with E-state index in [1.807, 2.05) is 12.1 Å². The van der Waals surface area contributed by atoms with E-state index in [0.29, 0.717) is 5.41 Å². The van der Waals surface area contributed by atoms with Gasteiger partial charge in [0.25, 0.3) is 0 Å². The third-order valence-electron chi connectivity index (χ3n) is 7.15. The number of rotatable bonds is 2. The molecule has 2 fully saturated rings. The largest absolute Gasteiger partial charge is 0.300 e. The Morgan fingerprint density at radius 1 is 0.880 bits per heavy atom. The van der Waals surface area contributed by atoms with Crippen molar-refractivity contribution >= 4 is 0 Å². The number of likely N-dealkylation sites (tertiary alicyclic amines) is 1. The zero-order valence-electron chi connectivity index (χ0n) is 16.7. The second-order valence-electron chi connectivity index (χ2n) is 9.59. The van der Waals surface area contributed by atoms with Gasteiger partial charge >= 0.3 is 0 Å². The molecule has 1 saturated carbocycles. The average molecular weight is 347 g/mol. The van der Waals surface area contributed by atoms with Gasteiger partial charge in [-0.25, -0.2) is 4.39 Å². The molecular formula is C22H35FN2. The predicted octanol–water partition coefficient (Wildman–Crippen LogP) is 5.04. The summed E-state index contributed by atoms with van der Waals surface area (Å²) >= 11 is 0. The average Bonchev–Trinajstić information content (AvgIpc) is 2.56. The molecule has 1 aliphatic heterocycles. The van der Waals surface area contributed by atoms with E-state index in [2.05, 4.69) is 44.7 Å². The van der Waals surface area contributed by atoms with Crippen LogP contribution in [0, 0.1) is 11.2 Å². The predicted molar refractivity (Wildman–Crippen MR) is 103 cm³/mol. The van der Waals surface area contributed by atoms with Crippen LogP contribution >= 0.6 is 0 Å². The van der Waals surface area contributed by atoms with Crippen LogP contribution in [0.15, 0.2) is 24.3 Å². The minimum atomic E-state index is -0.139. The summed E-state index contributed by atoms with van der Waals surface area (Å²) in [6.45, 7) is 9.45. The van der Waals surface area contributed by atoms with Gasteiger partial charge in [-0.1, -0.05) is 12.1 Å². The molecular weight excluding hydrogens is 311 g/mol. The first-order valence-electron chi connectivity index (χ1n) is 9.86. The van der Waals surface area contributed by atoms with Gasteiger partial charge in [-0.2, -0.15) is 0 Å². The first-order valence-corrected chi connectivity index (χ1v) is 9.86. The highest BCUT2D eigenvalue weighted by Crippen LogP contribution is 2.52. The number of hydrogen-bond acceptors (Lipinski definition) is 2. The van der Waals surface area contributed by atoms with Gasteiger partial charge in [-0.15, -0.1) is 0 Å². The lowest BCUT2D eigenvalue weighted by Crippen LogP contribution is -2.52. The SMILES string of the molecule is CN(C)C1(c2ccc(F)cc2)CCC2(CCN(C(C)(C)C)CC2)CC1. The van der Waals surface area contributed by atoms with Gasteiger partial charge < -0.3 is 0 Å². The van der Waals surface area contributed by atoms with Crippen molar-refractivity contribution in [1.29, 1.82) is 0 Å². The van der Waals surface area contributed by atoms with Crippen molar-refractivity contribution in [2.45, 2.75) is 70.4 Å². The number of benzene rings is 1. The summed E-state index contributed by atoms with van der Waals surface area (Å²) in [6.07, 6.45) is 7.61. The lowest BCUT2D eigenvalue weighted by atomic mass is 9.61. The van der Waals surface area contributed by atoms with E-state index < -0.39 is 0 Å². The molecule has 25 heavy (non-hydrogen) atoms. The molecule has 0 bridgehead atoms. The molecule has 1 heterocycles. The molecule has 0 aromatic heterocycles. The lowest BCUT2D eigenvalue weighted by Gasteiger charge is -2.54. The van der Waals surface area contributed by atoms with E-state index in [9.17, 15) is 4.39 Å². The van der Waals surface area contributed by atoms with Gasteiger partial charge in [0.1, 0.15) is 5.82 Å². The highest BCUT2D eigenvalue weighted by atomic mass is 19.1. The second kappa shape index (κ2) is 6.66. The molecule has 0 amide bonds. The van der Waals surface area contributed by atoms with Crippen molar-refractivity contribution in [3.05, 3.63) is 35.6 Å². The first-order chi connectivity index (χ1) is 11.7. The monoisotopic (exact) mass is 346 g/mol. The summed E-state index contributed by atoms with van der Waals surface area (Å²) in [5, 5.41) is 0. The lowest BCUT2D eigenvalue weighted by molar-refractivity contribution is -0.0205. The van der Waals surface area contributed by atoms with E-state index in [1.54, 1.807) is 12.1 Å². The van der Waals surface area contributed by atoms with Crippen LogP contribution in [0.2, 0.25) is 0 Å². The summed E-state index contributed by atoms with van der Waals surface area (Å²) in [6, 6.07) is 7.23. The fraction of sp³-hybridized carbons (Fsp3) is 0.727. The van der Waals surface area contributed by atoms with Crippen molar-refractivity contribution in [1.82, 2.24) is 9.80 Å². The maximum Gasteiger partial charge on any atom is 0.123 e. The number of piperidine rings is 1. The molecule has 0 atom stereocenters. The van der Waals surface area contributed by atoms with Crippen molar-refractivity contribution in [3.63, 3.8) is 0 Å². The molecule has 0 unspecified atom stereocenters. The van der Waals surface area contributed by atoms with Crippen molar-refractivity contribution in [2.75, 3.05) is 27.2 Å². The quantitative estimate of drug-likeness (QED) is 0.740. The molecule has 0 radical (unpaired) electrons. The summed E-state index contributed by atoms with van der Waals surface area (Å²) in [4.78, 5) is 5.02. The molecule has 1 saturated heterocycles. The van der Waals surface area contributed by atoms with Crippen LogP contribution in [0.3, 0.4) is 0 Å². The third kappa shape index (κ3) is 3.64. The maximum absolute atomic E-state index is 13.4. The maximum atomic E-state index is 13.4. The zero-order chi connectivity index (χ0) is 18.3. The summed E-state index contributed by atoms with van der Waals surface area (Å²) in [5.41, 5.74) is 2.17. The molecule has 1 aromatic carbocycles. The topological polar surface area (TPSA) is 6.48 Å². The fourth-order valence-corrected chi connectivity index (χ4v) is 5.10. The smallest absolute Gasteiger partial charge is 0.123 e. The molecule has 0 N–H and O–H groups in total. The molecule has 2 nitrogen and oxygen atoms in total. The Hall–Kier alpha value is -0.930. The molecule has 2 aliphatic rings. The van der Waals surface area contributed by atoms with Crippen LogP contribution in [-0.4, -0.2) is 42.5 Å². The molecule has 3 heteroatoms. The van der Waals surface area contributed by atoms with E-state index in [4.69, 9.17) is 0 Å². The van der Waals surface area contributed by atoms with Gasteiger partial charge in [-0.05, 0) is 110 Å². The Morgan fingerprint density at radius 3 is 1.84 bits per heavy atom. The minimum absolute atomic E-state index is 0.0696. The zero-order valence-corrected chi connectivity index (χ0v) is 16.7. The van der Waals surface area contributed by atoms with Crippen LogP contribution in [-0.2, 0) is 5.54 Å². The van der Waals surface area contributed by atoms with Gasteiger partial charge in [0.15, 0.2) is 0 Å². The van der Waals surface area contributed by atoms with Crippen LogP contribution < -0.4 is 0 Å². The highest BCUT2D eigenvalue weighted by molar-refractivity contribution is 5.26. The fourth-order valence-electron chi connectivity index (χ4n) is 5.10. The normalized spacial score (nSPS) is 24.0. The number of halogens is 1. The van der Waals surface area contributed by atoms with Gasteiger partial charge in [0.2, 0.25) is 0 Å². The Balaban J connectivity index is 1.72. The number of hydrogen-bond donors (Lipinski definition) is 0.